The number of unbranched alkanes of at least 4 members (excludes halogenated alkanes) is 1. The summed E-state index contributed by atoms with van der Waals surface area (Å²) >= 11 is 1.92. The van der Waals surface area contributed by atoms with Crippen LogP contribution in [0.1, 0.15) is 31.7 Å². The van der Waals surface area contributed by atoms with E-state index in [9.17, 15) is 0 Å². The molecule has 2 aliphatic rings. The van der Waals surface area contributed by atoms with Crippen molar-refractivity contribution < 1.29 is 0 Å². The minimum Gasteiger partial charge on any atom is -0.399 e. The van der Waals surface area contributed by atoms with Crippen LogP contribution in [0.15, 0.2) is 95.5 Å². The quantitative estimate of drug-likeness (QED) is 0.419. The smallest absolute Gasteiger partial charge is 0.0988 e. The molecule has 2 heterocycles. The Kier molecular flexibility index (Phi) is 5.71. The molecule has 3 aromatic carbocycles. The second-order valence-electron chi connectivity index (χ2n) is 8.39. The lowest BCUT2D eigenvalue weighted by atomic mass is 9.94. The number of rotatable bonds is 5. The maximum Gasteiger partial charge on any atom is 0.0988 e. The molecule has 1 unspecified atom stereocenters. The summed E-state index contributed by atoms with van der Waals surface area (Å²) in [6.07, 6.45) is 8.20. The van der Waals surface area contributed by atoms with Crippen molar-refractivity contribution in [2.45, 2.75) is 36.5 Å². The number of benzene rings is 3. The average molecular weight is 440 g/mol. The number of hydrogen-bond donors (Lipinski definition) is 1. The molecule has 0 aromatic heterocycles. The van der Waals surface area contributed by atoms with E-state index in [-0.39, 0.29) is 5.37 Å². The Morgan fingerprint density at radius 2 is 1.66 bits per heavy atom. The standard InChI is InChI=1S/C28H29N3S/c1-3-4-9-23-18-20(19-28-30(2)26-12-7-8-13-27(26)32-28)24-10-5-6-11-25(24)31(23)22-16-14-21(29)15-17-22/h5-8,10-19,28H,3-4,9,29H2,1-2H3. The Bertz CT molecular complexity index is 1180. The van der Waals surface area contributed by atoms with Crippen LogP contribution in [0.4, 0.5) is 22.7 Å². The molecule has 3 nitrogen and oxygen atoms in total. The molecule has 0 bridgehead atoms. The summed E-state index contributed by atoms with van der Waals surface area (Å²) < 4.78 is 0. The van der Waals surface area contributed by atoms with Crippen molar-refractivity contribution in [1.29, 1.82) is 0 Å². The van der Waals surface area contributed by atoms with Crippen LogP contribution >= 0.6 is 11.8 Å². The van der Waals surface area contributed by atoms with Crippen LogP contribution in [0, 0.1) is 0 Å². The van der Waals surface area contributed by atoms with Crippen molar-refractivity contribution in [3.8, 4) is 0 Å². The van der Waals surface area contributed by atoms with Gasteiger partial charge in [0, 0.05) is 34.6 Å². The van der Waals surface area contributed by atoms with Gasteiger partial charge in [0.15, 0.2) is 0 Å². The number of fused-ring (bicyclic) bond motifs is 2. The first-order valence-corrected chi connectivity index (χ1v) is 12.2. The van der Waals surface area contributed by atoms with Crippen LogP contribution < -0.4 is 15.5 Å². The molecule has 2 aliphatic heterocycles. The van der Waals surface area contributed by atoms with Crippen LogP contribution in [0.2, 0.25) is 0 Å². The summed E-state index contributed by atoms with van der Waals surface area (Å²) in [5.41, 5.74) is 14.4. The number of anilines is 4. The van der Waals surface area contributed by atoms with Gasteiger partial charge in [0.25, 0.3) is 0 Å². The molecule has 4 heteroatoms. The Morgan fingerprint density at radius 1 is 0.938 bits per heavy atom. The fraction of sp³-hybridized carbons (Fsp3) is 0.214. The fourth-order valence-corrected chi connectivity index (χ4v) is 5.73. The van der Waals surface area contributed by atoms with Crippen LogP contribution in [0.5, 0.6) is 0 Å². The Labute approximate surface area is 195 Å². The van der Waals surface area contributed by atoms with Crippen molar-refractivity contribution in [1.82, 2.24) is 0 Å². The molecule has 32 heavy (non-hydrogen) atoms. The van der Waals surface area contributed by atoms with Gasteiger partial charge in [-0.25, -0.2) is 0 Å². The highest BCUT2D eigenvalue weighted by Crippen LogP contribution is 2.46. The summed E-state index contributed by atoms with van der Waals surface area (Å²) in [4.78, 5) is 6.13. The van der Waals surface area contributed by atoms with Gasteiger partial charge in [0.05, 0.1) is 16.7 Å². The maximum absolute atomic E-state index is 5.98. The highest BCUT2D eigenvalue weighted by atomic mass is 32.2. The van der Waals surface area contributed by atoms with E-state index in [0.29, 0.717) is 0 Å². The lowest BCUT2D eigenvalue weighted by Crippen LogP contribution is -2.24. The second kappa shape index (κ2) is 8.79. The molecular formula is C28H29N3S. The van der Waals surface area contributed by atoms with Gasteiger partial charge in [0.2, 0.25) is 0 Å². The first kappa shape index (κ1) is 20.8. The predicted octanol–water partition coefficient (Wildman–Crippen LogP) is 7.45. The van der Waals surface area contributed by atoms with Gasteiger partial charge in [-0.05, 0) is 73.0 Å². The minimum atomic E-state index is 0.280. The highest BCUT2D eigenvalue weighted by Gasteiger charge is 2.28. The number of thioether (sulfide) groups is 1. The van der Waals surface area contributed by atoms with Crippen LogP contribution in [0.25, 0.3) is 5.57 Å². The van der Waals surface area contributed by atoms with Gasteiger partial charge < -0.3 is 15.5 Å². The number of nitrogen functional groups attached to an aromatic ring is 1. The fourth-order valence-electron chi connectivity index (χ4n) is 4.49. The van der Waals surface area contributed by atoms with Crippen LogP contribution in [-0.4, -0.2) is 12.4 Å². The van der Waals surface area contributed by atoms with Crippen molar-refractivity contribution in [3.05, 3.63) is 96.2 Å². The number of allylic oxidation sites excluding steroid dienone is 3. The number of para-hydroxylation sites is 2. The summed E-state index contributed by atoms with van der Waals surface area (Å²) in [7, 11) is 2.19. The summed E-state index contributed by atoms with van der Waals surface area (Å²) in [5, 5.41) is 0.280. The van der Waals surface area contributed by atoms with E-state index in [0.717, 1.165) is 24.2 Å². The van der Waals surface area contributed by atoms with Crippen LogP contribution in [0.3, 0.4) is 0 Å². The molecule has 2 N–H and O–H groups in total. The van der Waals surface area contributed by atoms with E-state index in [4.69, 9.17) is 5.73 Å². The summed E-state index contributed by atoms with van der Waals surface area (Å²) in [6, 6.07) is 25.6. The van der Waals surface area contributed by atoms with E-state index in [1.54, 1.807) is 0 Å². The summed E-state index contributed by atoms with van der Waals surface area (Å²) in [5.74, 6) is 0. The largest absolute Gasteiger partial charge is 0.399 e. The SMILES string of the molecule is CCCCC1=CC(=CC2Sc3ccccc3N2C)c2ccccc2N1c1ccc(N)cc1. The second-order valence-corrected chi connectivity index (χ2v) is 9.55. The molecule has 1 atom stereocenters. The number of nitrogens with two attached hydrogens (primary N) is 1. The van der Waals surface area contributed by atoms with Crippen molar-refractivity contribution in [2.24, 2.45) is 0 Å². The molecule has 162 valence electrons. The van der Waals surface area contributed by atoms with E-state index in [2.05, 4.69) is 96.6 Å². The van der Waals surface area contributed by atoms with Crippen molar-refractivity contribution >= 4 is 40.1 Å². The molecule has 0 saturated heterocycles. The van der Waals surface area contributed by atoms with Gasteiger partial charge in [-0.1, -0.05) is 55.4 Å². The normalized spacial score (nSPS) is 18.5. The molecule has 0 spiro atoms. The van der Waals surface area contributed by atoms with Gasteiger partial charge in [-0.2, -0.15) is 0 Å². The third-order valence-electron chi connectivity index (χ3n) is 6.20. The first-order valence-electron chi connectivity index (χ1n) is 11.3. The molecule has 0 saturated carbocycles. The third-order valence-corrected chi connectivity index (χ3v) is 7.49. The zero-order valence-electron chi connectivity index (χ0n) is 18.7. The molecular weight excluding hydrogens is 410 g/mol. The van der Waals surface area contributed by atoms with Crippen molar-refractivity contribution in [2.75, 3.05) is 22.6 Å². The monoisotopic (exact) mass is 439 g/mol. The highest BCUT2D eigenvalue weighted by molar-refractivity contribution is 8.00. The molecule has 5 rings (SSSR count). The van der Waals surface area contributed by atoms with Gasteiger partial charge in [-0.15, -0.1) is 0 Å². The summed E-state index contributed by atoms with van der Waals surface area (Å²) in [6.45, 7) is 2.25. The van der Waals surface area contributed by atoms with E-state index < -0.39 is 0 Å². The topological polar surface area (TPSA) is 32.5 Å². The third kappa shape index (κ3) is 3.80. The van der Waals surface area contributed by atoms with Crippen molar-refractivity contribution in [3.63, 3.8) is 0 Å². The van der Waals surface area contributed by atoms with Gasteiger partial charge in [0.1, 0.15) is 0 Å². The molecule has 3 aromatic rings. The molecule has 0 amide bonds. The average Bonchev–Trinajstić information content (AvgIpc) is 3.14. The Balaban J connectivity index is 1.59. The predicted molar refractivity (Wildman–Crippen MR) is 140 cm³/mol. The first-order chi connectivity index (χ1) is 15.7. The van der Waals surface area contributed by atoms with E-state index in [1.165, 1.54) is 39.5 Å². The molecule has 0 radical (unpaired) electrons. The molecule has 0 fully saturated rings. The molecule has 0 aliphatic carbocycles. The zero-order valence-corrected chi connectivity index (χ0v) is 19.5. The Morgan fingerprint density at radius 3 is 2.41 bits per heavy atom. The lowest BCUT2D eigenvalue weighted by molar-refractivity contribution is 0.773. The lowest BCUT2D eigenvalue weighted by Gasteiger charge is -2.34. The number of nitrogens with zero attached hydrogens (tertiary/aromatic N) is 2. The van der Waals surface area contributed by atoms with Crippen LogP contribution in [-0.2, 0) is 0 Å². The number of likely N-dealkylation sites (N-methyl/N-ethyl adjacent to an activating group) is 1. The zero-order chi connectivity index (χ0) is 22.1. The van der Waals surface area contributed by atoms with Gasteiger partial charge in [-0.3, -0.25) is 0 Å². The maximum atomic E-state index is 5.98. The van der Waals surface area contributed by atoms with E-state index in [1.807, 2.05) is 23.9 Å². The minimum absolute atomic E-state index is 0.280. The van der Waals surface area contributed by atoms with Gasteiger partial charge >= 0.3 is 0 Å². The number of hydrogen-bond acceptors (Lipinski definition) is 4. The van der Waals surface area contributed by atoms with E-state index >= 15 is 0 Å². The Hall–Kier alpha value is -3.11.